The number of rotatable bonds is 4. The van der Waals surface area contributed by atoms with Crippen LogP contribution in [0.1, 0.15) is 35.9 Å². The molecular weight excluding hydrogens is 280 g/mol. The SMILES string of the molecule is CC(C)n1ccc(COC(=O)c2cc(F)c(N)cc2F)n1. The molecule has 0 radical (unpaired) electrons. The number of hydrogen-bond donors (Lipinski definition) is 1. The summed E-state index contributed by atoms with van der Waals surface area (Å²) < 4.78 is 33.4. The van der Waals surface area contributed by atoms with E-state index in [-0.39, 0.29) is 18.3 Å². The molecular formula is C14H15F2N3O2. The van der Waals surface area contributed by atoms with Crippen molar-refractivity contribution in [1.29, 1.82) is 0 Å². The van der Waals surface area contributed by atoms with Gasteiger partial charge in [-0.2, -0.15) is 5.10 Å². The summed E-state index contributed by atoms with van der Waals surface area (Å²) in [6, 6.07) is 3.34. The fraction of sp³-hybridized carbons (Fsp3) is 0.286. The Morgan fingerprint density at radius 2 is 2.10 bits per heavy atom. The van der Waals surface area contributed by atoms with Crippen molar-refractivity contribution in [3.63, 3.8) is 0 Å². The number of carbonyl (C=O) groups excluding carboxylic acids is 1. The van der Waals surface area contributed by atoms with Gasteiger partial charge in [0.15, 0.2) is 0 Å². The zero-order valence-corrected chi connectivity index (χ0v) is 11.6. The summed E-state index contributed by atoms with van der Waals surface area (Å²) in [6.45, 7) is 3.79. The van der Waals surface area contributed by atoms with Crippen LogP contribution in [-0.2, 0) is 11.3 Å². The molecule has 0 spiro atoms. The molecule has 0 amide bonds. The van der Waals surface area contributed by atoms with E-state index >= 15 is 0 Å². The van der Waals surface area contributed by atoms with Gasteiger partial charge in [0.2, 0.25) is 0 Å². The van der Waals surface area contributed by atoms with Gasteiger partial charge < -0.3 is 10.5 Å². The molecule has 1 heterocycles. The van der Waals surface area contributed by atoms with Crippen LogP contribution in [0.5, 0.6) is 0 Å². The smallest absolute Gasteiger partial charge is 0.341 e. The molecule has 7 heteroatoms. The number of aromatic nitrogens is 2. The first-order chi connectivity index (χ1) is 9.88. The summed E-state index contributed by atoms with van der Waals surface area (Å²) in [6.07, 6.45) is 1.75. The average molecular weight is 295 g/mol. The number of hydrogen-bond acceptors (Lipinski definition) is 4. The molecule has 2 rings (SSSR count). The minimum atomic E-state index is -0.967. The lowest BCUT2D eigenvalue weighted by Crippen LogP contribution is -2.10. The molecule has 2 aromatic rings. The topological polar surface area (TPSA) is 70.1 Å². The molecule has 0 aliphatic carbocycles. The van der Waals surface area contributed by atoms with Crippen LogP contribution < -0.4 is 5.73 Å². The third kappa shape index (κ3) is 3.36. The number of halogens is 2. The van der Waals surface area contributed by atoms with Gasteiger partial charge in [0.05, 0.1) is 16.9 Å². The van der Waals surface area contributed by atoms with Crippen LogP contribution >= 0.6 is 0 Å². The first kappa shape index (κ1) is 15.0. The number of nitrogen functional groups attached to an aromatic ring is 1. The summed E-state index contributed by atoms with van der Waals surface area (Å²) in [5.74, 6) is -2.76. The van der Waals surface area contributed by atoms with Crippen molar-refractivity contribution in [1.82, 2.24) is 9.78 Å². The predicted octanol–water partition coefficient (Wildman–Crippen LogP) is 2.68. The van der Waals surface area contributed by atoms with Crippen molar-refractivity contribution in [3.8, 4) is 0 Å². The lowest BCUT2D eigenvalue weighted by atomic mass is 10.2. The van der Waals surface area contributed by atoms with Gasteiger partial charge in [-0.25, -0.2) is 13.6 Å². The number of ether oxygens (including phenoxy) is 1. The lowest BCUT2D eigenvalue weighted by Gasteiger charge is -2.06. The van der Waals surface area contributed by atoms with Gasteiger partial charge in [-0.15, -0.1) is 0 Å². The molecule has 0 aliphatic heterocycles. The Labute approximate surface area is 120 Å². The first-order valence-corrected chi connectivity index (χ1v) is 6.34. The second kappa shape index (κ2) is 5.90. The van der Waals surface area contributed by atoms with Crippen molar-refractivity contribution in [2.45, 2.75) is 26.5 Å². The standard InChI is InChI=1S/C14H15F2N3O2/c1-8(2)19-4-3-9(18-19)7-21-14(20)10-5-12(16)13(17)6-11(10)15/h3-6,8H,7,17H2,1-2H3. The quantitative estimate of drug-likeness (QED) is 0.695. The number of nitrogens with zero attached hydrogens (tertiary/aromatic N) is 2. The highest BCUT2D eigenvalue weighted by Crippen LogP contribution is 2.18. The summed E-state index contributed by atoms with van der Waals surface area (Å²) in [5, 5.41) is 4.18. The van der Waals surface area contributed by atoms with Gasteiger partial charge in [-0.1, -0.05) is 0 Å². The second-order valence-corrected chi connectivity index (χ2v) is 4.81. The van der Waals surface area contributed by atoms with Crippen molar-refractivity contribution >= 4 is 11.7 Å². The third-order valence-electron chi connectivity index (χ3n) is 2.85. The highest BCUT2D eigenvalue weighted by Gasteiger charge is 2.17. The van der Waals surface area contributed by atoms with Gasteiger partial charge in [0, 0.05) is 18.3 Å². The van der Waals surface area contributed by atoms with Crippen LogP contribution in [0, 0.1) is 11.6 Å². The van der Waals surface area contributed by atoms with Crippen LogP contribution in [0.2, 0.25) is 0 Å². The van der Waals surface area contributed by atoms with Gasteiger partial charge in [-0.05, 0) is 26.0 Å². The fourth-order valence-electron chi connectivity index (χ4n) is 1.68. The Morgan fingerprint density at radius 3 is 2.71 bits per heavy atom. The molecule has 1 aromatic carbocycles. The zero-order chi connectivity index (χ0) is 15.6. The van der Waals surface area contributed by atoms with Crippen LogP contribution in [0.4, 0.5) is 14.5 Å². The van der Waals surface area contributed by atoms with Crippen molar-refractivity contribution in [2.24, 2.45) is 0 Å². The largest absolute Gasteiger partial charge is 0.455 e. The molecule has 5 nitrogen and oxygen atoms in total. The second-order valence-electron chi connectivity index (χ2n) is 4.81. The minimum Gasteiger partial charge on any atom is -0.455 e. The van der Waals surface area contributed by atoms with Crippen LogP contribution in [0.15, 0.2) is 24.4 Å². The van der Waals surface area contributed by atoms with E-state index < -0.39 is 23.2 Å². The van der Waals surface area contributed by atoms with Gasteiger partial charge in [0.25, 0.3) is 0 Å². The molecule has 21 heavy (non-hydrogen) atoms. The van der Waals surface area contributed by atoms with E-state index in [0.717, 1.165) is 12.1 Å². The molecule has 0 aliphatic rings. The van der Waals surface area contributed by atoms with E-state index in [0.29, 0.717) is 5.69 Å². The highest BCUT2D eigenvalue weighted by atomic mass is 19.1. The Morgan fingerprint density at radius 1 is 1.38 bits per heavy atom. The Balaban J connectivity index is 2.06. The van der Waals surface area contributed by atoms with Crippen molar-refractivity contribution in [2.75, 3.05) is 5.73 Å². The minimum absolute atomic E-state index is 0.121. The molecule has 0 saturated carbocycles. The molecule has 0 saturated heterocycles. The summed E-state index contributed by atoms with van der Waals surface area (Å²) in [4.78, 5) is 11.7. The van der Waals surface area contributed by atoms with Gasteiger partial charge in [0.1, 0.15) is 18.2 Å². The van der Waals surface area contributed by atoms with E-state index in [4.69, 9.17) is 10.5 Å². The molecule has 0 fully saturated rings. The van der Waals surface area contributed by atoms with Crippen LogP contribution in [-0.4, -0.2) is 15.7 Å². The average Bonchev–Trinajstić information content (AvgIpc) is 2.89. The number of esters is 1. The van der Waals surface area contributed by atoms with Crippen LogP contribution in [0.3, 0.4) is 0 Å². The third-order valence-corrected chi connectivity index (χ3v) is 2.85. The lowest BCUT2D eigenvalue weighted by molar-refractivity contribution is 0.0461. The maximum absolute atomic E-state index is 13.5. The van der Waals surface area contributed by atoms with E-state index in [1.807, 2.05) is 13.8 Å². The normalized spacial score (nSPS) is 10.9. The number of carbonyl (C=O) groups is 1. The summed E-state index contributed by atoms with van der Waals surface area (Å²) in [5.41, 5.74) is 4.87. The maximum atomic E-state index is 13.5. The maximum Gasteiger partial charge on any atom is 0.341 e. The Hall–Kier alpha value is -2.44. The van der Waals surface area contributed by atoms with Crippen LogP contribution in [0.25, 0.3) is 0 Å². The summed E-state index contributed by atoms with van der Waals surface area (Å²) in [7, 11) is 0. The Bertz CT molecular complexity index is 668. The van der Waals surface area contributed by atoms with Gasteiger partial charge in [-0.3, -0.25) is 4.68 Å². The fourth-order valence-corrected chi connectivity index (χ4v) is 1.68. The number of nitrogens with two attached hydrogens (primary N) is 1. The number of anilines is 1. The van der Waals surface area contributed by atoms with E-state index in [2.05, 4.69) is 5.10 Å². The Kier molecular flexibility index (Phi) is 4.21. The zero-order valence-electron chi connectivity index (χ0n) is 11.6. The molecule has 0 unspecified atom stereocenters. The molecule has 0 bridgehead atoms. The van der Waals surface area contributed by atoms with E-state index in [9.17, 15) is 13.6 Å². The molecule has 112 valence electrons. The van der Waals surface area contributed by atoms with Crippen molar-refractivity contribution < 1.29 is 18.3 Å². The first-order valence-electron chi connectivity index (χ1n) is 6.34. The van der Waals surface area contributed by atoms with Gasteiger partial charge >= 0.3 is 5.97 Å². The predicted molar refractivity (Wildman–Crippen MR) is 72.5 cm³/mol. The van der Waals surface area contributed by atoms with E-state index in [1.54, 1.807) is 16.9 Å². The molecule has 0 atom stereocenters. The van der Waals surface area contributed by atoms with Crippen molar-refractivity contribution in [3.05, 3.63) is 47.3 Å². The highest BCUT2D eigenvalue weighted by molar-refractivity contribution is 5.90. The molecule has 2 N–H and O–H groups in total. The molecule has 1 aromatic heterocycles. The van der Waals surface area contributed by atoms with E-state index in [1.165, 1.54) is 0 Å². The summed E-state index contributed by atoms with van der Waals surface area (Å²) >= 11 is 0. The monoisotopic (exact) mass is 295 g/mol. The number of benzene rings is 1.